The quantitative estimate of drug-likeness (QED) is 0.812. The van der Waals surface area contributed by atoms with Gasteiger partial charge in [-0.1, -0.05) is 6.07 Å². The van der Waals surface area contributed by atoms with Crippen molar-refractivity contribution in [2.24, 2.45) is 0 Å². The Morgan fingerprint density at radius 3 is 2.53 bits per heavy atom. The van der Waals surface area contributed by atoms with Gasteiger partial charge in [0.25, 0.3) is 5.91 Å². The van der Waals surface area contributed by atoms with Gasteiger partial charge < -0.3 is 15.5 Å². The zero-order valence-electron chi connectivity index (χ0n) is 11.5. The third kappa shape index (κ3) is 2.45. The van der Waals surface area contributed by atoms with Crippen molar-refractivity contribution in [1.29, 1.82) is 0 Å². The van der Waals surface area contributed by atoms with Crippen molar-refractivity contribution in [3.63, 3.8) is 0 Å². The lowest BCUT2D eigenvalue weighted by Gasteiger charge is -2.12. The number of nitrogens with zero attached hydrogens (tertiary/aromatic N) is 1. The molecule has 1 aromatic heterocycles. The van der Waals surface area contributed by atoms with Gasteiger partial charge in [-0.3, -0.25) is 4.79 Å². The van der Waals surface area contributed by atoms with Crippen LogP contribution in [0.1, 0.15) is 33.3 Å². The fraction of sp³-hybridized carbons (Fsp3) is 0.286. The second kappa shape index (κ2) is 4.76. The Kier molecular flexibility index (Phi) is 3.29. The molecule has 5 heteroatoms. The molecule has 1 amide bonds. The van der Waals surface area contributed by atoms with Gasteiger partial charge in [-0.2, -0.15) is 0 Å². The monoisotopic (exact) mass is 259 g/mol. The lowest BCUT2D eigenvalue weighted by Crippen LogP contribution is -2.15. The van der Waals surface area contributed by atoms with Crippen molar-refractivity contribution in [2.45, 2.75) is 27.7 Å². The minimum Gasteiger partial charge on any atom is -0.436 e. The van der Waals surface area contributed by atoms with Crippen LogP contribution in [0, 0.1) is 27.7 Å². The lowest BCUT2D eigenvalue weighted by atomic mass is 10.1. The van der Waals surface area contributed by atoms with E-state index >= 15 is 0 Å². The summed E-state index contributed by atoms with van der Waals surface area (Å²) in [6, 6.07) is 3.70. The number of carbonyl (C=O) groups is 1. The van der Waals surface area contributed by atoms with E-state index in [1.807, 2.05) is 19.9 Å². The van der Waals surface area contributed by atoms with Gasteiger partial charge in [-0.15, -0.1) is 0 Å². The summed E-state index contributed by atoms with van der Waals surface area (Å²) in [6.45, 7) is 7.32. The molecule has 0 aliphatic heterocycles. The minimum atomic E-state index is -0.335. The molecule has 1 aromatic carbocycles. The fourth-order valence-corrected chi connectivity index (χ4v) is 1.91. The topological polar surface area (TPSA) is 81.2 Å². The van der Waals surface area contributed by atoms with Crippen LogP contribution in [0.3, 0.4) is 0 Å². The minimum absolute atomic E-state index is 0.220. The fourth-order valence-electron chi connectivity index (χ4n) is 1.91. The molecule has 1 heterocycles. The van der Waals surface area contributed by atoms with Gasteiger partial charge in [0.15, 0.2) is 5.89 Å². The van der Waals surface area contributed by atoms with Crippen LogP contribution in [-0.2, 0) is 0 Å². The van der Waals surface area contributed by atoms with E-state index in [9.17, 15) is 4.79 Å². The molecule has 0 unspecified atom stereocenters. The standard InChI is InChI=1S/C14H17N3O2/c1-7-5-6-11(15)12(8(7)2)17-14(18)13-9(3)16-10(4)19-13/h5-6H,15H2,1-4H3,(H,17,18). The first-order chi connectivity index (χ1) is 8.90. The molecular formula is C14H17N3O2. The van der Waals surface area contributed by atoms with Gasteiger partial charge in [0.1, 0.15) is 0 Å². The average molecular weight is 259 g/mol. The first-order valence-corrected chi connectivity index (χ1v) is 6.01. The van der Waals surface area contributed by atoms with Crippen LogP contribution in [0.25, 0.3) is 0 Å². The Hall–Kier alpha value is -2.30. The van der Waals surface area contributed by atoms with E-state index in [0.29, 0.717) is 23.0 Å². The van der Waals surface area contributed by atoms with Gasteiger partial charge >= 0.3 is 0 Å². The zero-order chi connectivity index (χ0) is 14.2. The zero-order valence-corrected chi connectivity index (χ0v) is 11.5. The Morgan fingerprint density at radius 1 is 1.26 bits per heavy atom. The summed E-state index contributed by atoms with van der Waals surface area (Å²) >= 11 is 0. The van der Waals surface area contributed by atoms with E-state index in [0.717, 1.165) is 11.1 Å². The van der Waals surface area contributed by atoms with Crippen molar-refractivity contribution in [1.82, 2.24) is 4.98 Å². The average Bonchev–Trinajstić information content (AvgIpc) is 2.69. The molecule has 0 fully saturated rings. The van der Waals surface area contributed by atoms with Gasteiger partial charge in [0.05, 0.1) is 17.1 Å². The predicted molar refractivity (Wildman–Crippen MR) is 74.3 cm³/mol. The maximum absolute atomic E-state index is 12.2. The molecule has 5 nitrogen and oxygen atoms in total. The third-order valence-corrected chi connectivity index (χ3v) is 3.12. The van der Waals surface area contributed by atoms with Crippen LogP contribution < -0.4 is 11.1 Å². The van der Waals surface area contributed by atoms with E-state index in [2.05, 4.69) is 10.3 Å². The van der Waals surface area contributed by atoms with Crippen LogP contribution in [0.2, 0.25) is 0 Å². The number of hydrogen-bond donors (Lipinski definition) is 2. The van der Waals surface area contributed by atoms with Gasteiger partial charge in [0.2, 0.25) is 5.76 Å². The highest BCUT2D eigenvalue weighted by molar-refractivity contribution is 6.05. The van der Waals surface area contributed by atoms with Crippen molar-refractivity contribution in [3.8, 4) is 0 Å². The summed E-state index contributed by atoms with van der Waals surface area (Å²) in [5.74, 6) is 0.355. The van der Waals surface area contributed by atoms with Gasteiger partial charge in [0, 0.05) is 6.92 Å². The molecule has 100 valence electrons. The molecule has 0 aliphatic rings. The molecule has 0 radical (unpaired) electrons. The molecule has 0 bridgehead atoms. The van der Waals surface area contributed by atoms with Crippen molar-refractivity contribution < 1.29 is 9.21 Å². The maximum atomic E-state index is 12.2. The maximum Gasteiger partial charge on any atom is 0.293 e. The van der Waals surface area contributed by atoms with E-state index in [1.54, 1.807) is 19.9 Å². The number of aromatic nitrogens is 1. The second-order valence-corrected chi connectivity index (χ2v) is 4.57. The number of benzene rings is 1. The summed E-state index contributed by atoms with van der Waals surface area (Å²) in [7, 11) is 0. The highest BCUT2D eigenvalue weighted by Crippen LogP contribution is 2.26. The highest BCUT2D eigenvalue weighted by Gasteiger charge is 2.18. The Bertz CT molecular complexity index is 644. The van der Waals surface area contributed by atoms with Crippen molar-refractivity contribution in [2.75, 3.05) is 11.1 Å². The Morgan fingerprint density at radius 2 is 1.95 bits per heavy atom. The lowest BCUT2D eigenvalue weighted by molar-refractivity contribution is 0.0994. The van der Waals surface area contributed by atoms with Gasteiger partial charge in [-0.25, -0.2) is 4.98 Å². The molecule has 3 N–H and O–H groups in total. The number of aryl methyl sites for hydroxylation is 3. The molecular weight excluding hydrogens is 242 g/mol. The number of amides is 1. The van der Waals surface area contributed by atoms with Crippen molar-refractivity contribution >= 4 is 17.3 Å². The molecule has 2 aromatic rings. The predicted octanol–water partition coefficient (Wildman–Crippen LogP) is 2.74. The van der Waals surface area contributed by atoms with Crippen LogP contribution >= 0.6 is 0 Å². The molecule has 0 atom stereocenters. The smallest absolute Gasteiger partial charge is 0.293 e. The van der Waals surface area contributed by atoms with Crippen LogP contribution in [0.5, 0.6) is 0 Å². The summed E-state index contributed by atoms with van der Waals surface area (Å²) in [5, 5.41) is 2.79. The number of oxazole rings is 1. The first kappa shape index (κ1) is 13.1. The molecule has 0 aliphatic carbocycles. The largest absolute Gasteiger partial charge is 0.436 e. The van der Waals surface area contributed by atoms with Crippen LogP contribution in [0.15, 0.2) is 16.5 Å². The van der Waals surface area contributed by atoms with E-state index < -0.39 is 0 Å². The second-order valence-electron chi connectivity index (χ2n) is 4.57. The number of hydrogen-bond acceptors (Lipinski definition) is 4. The summed E-state index contributed by atoms with van der Waals surface area (Å²) in [6.07, 6.45) is 0. The Labute approximate surface area is 111 Å². The first-order valence-electron chi connectivity index (χ1n) is 6.01. The SMILES string of the molecule is Cc1nc(C)c(C(=O)Nc2c(N)ccc(C)c2C)o1. The third-order valence-electron chi connectivity index (χ3n) is 3.12. The molecule has 19 heavy (non-hydrogen) atoms. The summed E-state index contributed by atoms with van der Waals surface area (Å²) in [5.41, 5.74) is 9.63. The van der Waals surface area contributed by atoms with Crippen LogP contribution in [0.4, 0.5) is 11.4 Å². The number of carbonyl (C=O) groups excluding carboxylic acids is 1. The molecule has 0 saturated carbocycles. The number of anilines is 2. The molecule has 0 spiro atoms. The number of nitrogens with two attached hydrogens (primary N) is 1. The molecule has 0 saturated heterocycles. The van der Waals surface area contributed by atoms with Crippen molar-refractivity contribution in [3.05, 3.63) is 40.6 Å². The number of nitrogen functional groups attached to an aromatic ring is 1. The number of nitrogens with one attached hydrogen (secondary N) is 1. The van der Waals surface area contributed by atoms with E-state index in [4.69, 9.17) is 10.2 Å². The van der Waals surface area contributed by atoms with Crippen LogP contribution in [-0.4, -0.2) is 10.9 Å². The van der Waals surface area contributed by atoms with E-state index in [-0.39, 0.29) is 11.7 Å². The van der Waals surface area contributed by atoms with E-state index in [1.165, 1.54) is 0 Å². The summed E-state index contributed by atoms with van der Waals surface area (Å²) < 4.78 is 5.29. The number of rotatable bonds is 2. The van der Waals surface area contributed by atoms with Gasteiger partial charge in [-0.05, 0) is 38.0 Å². The summed E-state index contributed by atoms with van der Waals surface area (Å²) in [4.78, 5) is 16.2. The highest BCUT2D eigenvalue weighted by atomic mass is 16.4. The Balaban J connectivity index is 2.34. The molecule has 2 rings (SSSR count). The normalized spacial score (nSPS) is 10.5.